The number of rotatable bonds is 6. The van der Waals surface area contributed by atoms with Crippen LogP contribution in [-0.4, -0.2) is 27.7 Å². The van der Waals surface area contributed by atoms with Crippen molar-refractivity contribution in [3.8, 4) is 16.3 Å². The number of aromatic nitrogens is 3. The van der Waals surface area contributed by atoms with Gasteiger partial charge in [0.1, 0.15) is 22.4 Å². The Labute approximate surface area is 188 Å². The molecule has 160 valence electrons. The summed E-state index contributed by atoms with van der Waals surface area (Å²) in [7, 11) is 3.52. The number of carbonyl (C=O) groups excluding carboxylic acids is 1. The standard InChI is InChI=1S/C22H21ClN4O3S/c1-4-16-21(31-20(25-16)15-7-6-14(23)10-19(15)29-3)26-22(28)30-11-13-5-8-18-17(9-13)24-12-27(18)2/h5-10,12H,4,11H2,1-3H3,(H,26,28). The van der Waals surface area contributed by atoms with Crippen LogP contribution in [0.1, 0.15) is 18.2 Å². The van der Waals surface area contributed by atoms with Crippen molar-refractivity contribution in [1.82, 2.24) is 14.5 Å². The maximum Gasteiger partial charge on any atom is 0.412 e. The van der Waals surface area contributed by atoms with Gasteiger partial charge < -0.3 is 14.0 Å². The minimum absolute atomic E-state index is 0.149. The van der Waals surface area contributed by atoms with Gasteiger partial charge in [-0.2, -0.15) is 0 Å². The molecule has 7 nitrogen and oxygen atoms in total. The third-order valence-electron chi connectivity index (χ3n) is 4.80. The summed E-state index contributed by atoms with van der Waals surface area (Å²) in [5.41, 5.74) is 4.35. The number of imidazole rings is 1. The summed E-state index contributed by atoms with van der Waals surface area (Å²) in [4.78, 5) is 21.4. The summed E-state index contributed by atoms with van der Waals surface area (Å²) in [5, 5.41) is 4.79. The number of nitrogens with zero attached hydrogens (tertiary/aromatic N) is 3. The topological polar surface area (TPSA) is 78.3 Å². The minimum atomic E-state index is -0.533. The van der Waals surface area contributed by atoms with Crippen LogP contribution in [0, 0.1) is 0 Å². The zero-order valence-electron chi connectivity index (χ0n) is 17.3. The largest absolute Gasteiger partial charge is 0.496 e. The molecule has 0 saturated heterocycles. The number of fused-ring (bicyclic) bond motifs is 1. The van der Waals surface area contributed by atoms with Gasteiger partial charge in [0.15, 0.2) is 0 Å². The summed E-state index contributed by atoms with van der Waals surface area (Å²) in [5.74, 6) is 0.628. The van der Waals surface area contributed by atoms with Crippen molar-refractivity contribution in [3.05, 3.63) is 59.0 Å². The molecule has 0 atom stereocenters. The number of benzene rings is 2. The molecule has 2 aromatic carbocycles. The Kier molecular flexibility index (Phi) is 6.11. The zero-order chi connectivity index (χ0) is 22.0. The maximum atomic E-state index is 12.4. The first-order chi connectivity index (χ1) is 15.0. The van der Waals surface area contributed by atoms with E-state index in [2.05, 4.69) is 15.3 Å². The Morgan fingerprint density at radius 2 is 2.10 bits per heavy atom. The normalized spacial score (nSPS) is 11.0. The SMILES string of the molecule is CCc1nc(-c2ccc(Cl)cc2OC)sc1NC(=O)OCc1ccc2c(c1)ncn2C. The van der Waals surface area contributed by atoms with Crippen LogP contribution in [0.4, 0.5) is 9.80 Å². The Balaban J connectivity index is 1.47. The number of amides is 1. The molecule has 0 aliphatic rings. The molecule has 0 unspecified atom stereocenters. The molecule has 4 aromatic rings. The molecule has 0 radical (unpaired) electrons. The van der Waals surface area contributed by atoms with Gasteiger partial charge in [0.2, 0.25) is 0 Å². The van der Waals surface area contributed by atoms with E-state index in [4.69, 9.17) is 21.1 Å². The van der Waals surface area contributed by atoms with E-state index in [0.29, 0.717) is 22.2 Å². The fraction of sp³-hybridized carbons (Fsp3) is 0.227. The first-order valence-corrected chi connectivity index (χ1v) is 10.8. The molecular formula is C22H21ClN4O3S. The number of nitrogens with one attached hydrogen (secondary N) is 1. The second-order valence-electron chi connectivity index (χ2n) is 6.87. The molecule has 0 bridgehead atoms. The van der Waals surface area contributed by atoms with Crippen LogP contribution in [0.2, 0.25) is 5.02 Å². The van der Waals surface area contributed by atoms with E-state index >= 15 is 0 Å². The summed E-state index contributed by atoms with van der Waals surface area (Å²) in [6.07, 6.45) is 1.89. The third kappa shape index (κ3) is 4.50. The smallest absolute Gasteiger partial charge is 0.412 e. The molecule has 0 spiro atoms. The van der Waals surface area contributed by atoms with Crippen LogP contribution < -0.4 is 10.1 Å². The van der Waals surface area contributed by atoms with Crippen molar-refractivity contribution >= 4 is 45.1 Å². The van der Waals surface area contributed by atoms with Crippen LogP contribution in [0.15, 0.2) is 42.7 Å². The van der Waals surface area contributed by atoms with Crippen molar-refractivity contribution in [1.29, 1.82) is 0 Å². The second kappa shape index (κ2) is 8.95. The van der Waals surface area contributed by atoms with E-state index < -0.39 is 6.09 Å². The number of anilines is 1. The number of thiazole rings is 1. The average Bonchev–Trinajstić information content (AvgIpc) is 3.35. The first-order valence-electron chi connectivity index (χ1n) is 9.65. The van der Waals surface area contributed by atoms with Gasteiger partial charge in [-0.05, 0) is 42.3 Å². The van der Waals surface area contributed by atoms with E-state index in [-0.39, 0.29) is 6.61 Å². The molecular weight excluding hydrogens is 436 g/mol. The average molecular weight is 457 g/mol. The summed E-state index contributed by atoms with van der Waals surface area (Å²) < 4.78 is 12.8. The van der Waals surface area contributed by atoms with E-state index in [1.165, 1.54) is 11.3 Å². The van der Waals surface area contributed by atoms with Gasteiger partial charge in [-0.25, -0.2) is 14.8 Å². The molecule has 1 N–H and O–H groups in total. The van der Waals surface area contributed by atoms with Crippen LogP contribution in [-0.2, 0) is 24.8 Å². The lowest BCUT2D eigenvalue weighted by Crippen LogP contribution is -2.13. The predicted molar refractivity (Wildman–Crippen MR) is 123 cm³/mol. The Hall–Kier alpha value is -3.10. The fourth-order valence-corrected chi connectivity index (χ4v) is 4.43. The Morgan fingerprint density at radius 3 is 2.87 bits per heavy atom. The molecule has 4 rings (SSSR count). The molecule has 2 heterocycles. The number of carbonyl (C=O) groups is 1. The lowest BCUT2D eigenvalue weighted by atomic mass is 10.2. The van der Waals surface area contributed by atoms with Crippen LogP contribution in [0.3, 0.4) is 0 Å². The quantitative estimate of drug-likeness (QED) is 0.404. The lowest BCUT2D eigenvalue weighted by molar-refractivity contribution is 0.155. The molecule has 0 fully saturated rings. The van der Waals surface area contributed by atoms with Crippen molar-refractivity contribution in [2.24, 2.45) is 7.05 Å². The number of methoxy groups -OCH3 is 1. The van der Waals surface area contributed by atoms with Gasteiger partial charge in [0, 0.05) is 12.1 Å². The van der Waals surface area contributed by atoms with E-state index in [9.17, 15) is 4.79 Å². The van der Waals surface area contributed by atoms with E-state index in [1.807, 2.05) is 42.8 Å². The highest BCUT2D eigenvalue weighted by Crippen LogP contribution is 2.38. The predicted octanol–water partition coefficient (Wildman–Crippen LogP) is 5.67. The number of aryl methyl sites for hydroxylation is 2. The summed E-state index contributed by atoms with van der Waals surface area (Å²) in [6, 6.07) is 11.2. The first kappa shape index (κ1) is 21.1. The van der Waals surface area contributed by atoms with Gasteiger partial charge in [-0.15, -0.1) is 0 Å². The maximum absolute atomic E-state index is 12.4. The van der Waals surface area contributed by atoms with Crippen molar-refractivity contribution in [2.75, 3.05) is 12.4 Å². The van der Waals surface area contributed by atoms with Crippen LogP contribution in [0.5, 0.6) is 5.75 Å². The summed E-state index contributed by atoms with van der Waals surface area (Å²) in [6.45, 7) is 2.13. The zero-order valence-corrected chi connectivity index (χ0v) is 18.9. The molecule has 31 heavy (non-hydrogen) atoms. The molecule has 1 amide bonds. The Bertz CT molecular complexity index is 1250. The number of halogens is 1. The highest BCUT2D eigenvalue weighted by atomic mass is 35.5. The number of hydrogen-bond acceptors (Lipinski definition) is 6. The van der Waals surface area contributed by atoms with Crippen molar-refractivity contribution < 1.29 is 14.3 Å². The van der Waals surface area contributed by atoms with E-state index in [1.54, 1.807) is 25.6 Å². The van der Waals surface area contributed by atoms with Gasteiger partial charge in [-0.1, -0.05) is 35.9 Å². The molecule has 2 aromatic heterocycles. The Morgan fingerprint density at radius 1 is 1.26 bits per heavy atom. The molecule has 9 heteroatoms. The van der Waals surface area contributed by atoms with Gasteiger partial charge >= 0.3 is 6.09 Å². The van der Waals surface area contributed by atoms with Crippen LogP contribution in [0.25, 0.3) is 21.6 Å². The fourth-order valence-electron chi connectivity index (χ4n) is 3.20. The molecule has 0 aliphatic carbocycles. The van der Waals surface area contributed by atoms with Crippen LogP contribution >= 0.6 is 22.9 Å². The number of ether oxygens (including phenoxy) is 2. The van der Waals surface area contributed by atoms with E-state index in [0.717, 1.165) is 32.9 Å². The van der Waals surface area contributed by atoms with Gasteiger partial charge in [0.25, 0.3) is 0 Å². The highest BCUT2D eigenvalue weighted by Gasteiger charge is 2.17. The third-order valence-corrected chi connectivity index (χ3v) is 6.08. The monoisotopic (exact) mass is 456 g/mol. The van der Waals surface area contributed by atoms with Crippen molar-refractivity contribution in [2.45, 2.75) is 20.0 Å². The molecule has 0 aliphatic heterocycles. The molecule has 0 saturated carbocycles. The van der Waals surface area contributed by atoms with Gasteiger partial charge in [-0.3, -0.25) is 5.32 Å². The number of hydrogen-bond donors (Lipinski definition) is 1. The minimum Gasteiger partial charge on any atom is -0.496 e. The second-order valence-corrected chi connectivity index (χ2v) is 8.31. The summed E-state index contributed by atoms with van der Waals surface area (Å²) >= 11 is 7.43. The lowest BCUT2D eigenvalue weighted by Gasteiger charge is -2.07. The van der Waals surface area contributed by atoms with Crippen molar-refractivity contribution in [3.63, 3.8) is 0 Å². The highest BCUT2D eigenvalue weighted by molar-refractivity contribution is 7.19. The van der Waals surface area contributed by atoms with Gasteiger partial charge in [0.05, 0.1) is 35.7 Å².